The SMILES string of the molecule is COc1ccccc1C(O)C1(CN)CCCOC1. The Morgan fingerprint density at radius 2 is 2.28 bits per heavy atom. The third-order valence-corrected chi connectivity index (χ3v) is 3.77. The van der Waals surface area contributed by atoms with Crippen LogP contribution in [0.1, 0.15) is 24.5 Å². The highest BCUT2D eigenvalue weighted by Crippen LogP contribution is 2.42. The van der Waals surface area contributed by atoms with Crippen molar-refractivity contribution >= 4 is 0 Å². The van der Waals surface area contributed by atoms with Crippen LogP contribution < -0.4 is 10.5 Å². The standard InChI is InChI=1S/C14H21NO3/c1-17-12-6-3-2-5-11(12)13(16)14(9-15)7-4-8-18-10-14/h2-3,5-6,13,16H,4,7-10,15H2,1H3. The summed E-state index contributed by atoms with van der Waals surface area (Å²) < 4.78 is 10.8. The summed E-state index contributed by atoms with van der Waals surface area (Å²) in [5.41, 5.74) is 6.28. The number of para-hydroxylation sites is 1. The third kappa shape index (κ3) is 2.36. The zero-order chi connectivity index (χ0) is 13.0. The van der Waals surface area contributed by atoms with E-state index < -0.39 is 11.5 Å². The van der Waals surface area contributed by atoms with Crippen LogP contribution in [0.5, 0.6) is 5.75 Å². The monoisotopic (exact) mass is 251 g/mol. The molecule has 0 aliphatic carbocycles. The maximum Gasteiger partial charge on any atom is 0.124 e. The fourth-order valence-electron chi connectivity index (χ4n) is 2.58. The molecule has 1 aromatic carbocycles. The lowest BCUT2D eigenvalue weighted by atomic mass is 9.74. The Labute approximate surface area is 108 Å². The zero-order valence-corrected chi connectivity index (χ0v) is 10.8. The van der Waals surface area contributed by atoms with Gasteiger partial charge in [-0.25, -0.2) is 0 Å². The summed E-state index contributed by atoms with van der Waals surface area (Å²) in [5.74, 6) is 0.698. The Morgan fingerprint density at radius 3 is 2.89 bits per heavy atom. The number of hydrogen-bond acceptors (Lipinski definition) is 4. The molecule has 0 spiro atoms. The van der Waals surface area contributed by atoms with Gasteiger partial charge in [-0.1, -0.05) is 18.2 Å². The van der Waals surface area contributed by atoms with Crippen molar-refractivity contribution in [2.24, 2.45) is 11.1 Å². The van der Waals surface area contributed by atoms with E-state index in [0.29, 0.717) is 18.9 Å². The highest BCUT2D eigenvalue weighted by Gasteiger charge is 2.40. The summed E-state index contributed by atoms with van der Waals surface area (Å²) in [6.45, 7) is 1.66. The second-order valence-electron chi connectivity index (χ2n) is 4.87. The molecule has 0 radical (unpaired) electrons. The molecule has 1 aliphatic rings. The van der Waals surface area contributed by atoms with Crippen LogP contribution in [0.15, 0.2) is 24.3 Å². The molecule has 2 rings (SSSR count). The van der Waals surface area contributed by atoms with Crippen LogP contribution in [-0.2, 0) is 4.74 Å². The van der Waals surface area contributed by atoms with Crippen molar-refractivity contribution in [2.75, 3.05) is 26.9 Å². The molecule has 0 aromatic heterocycles. The van der Waals surface area contributed by atoms with Crippen LogP contribution >= 0.6 is 0 Å². The maximum atomic E-state index is 10.7. The quantitative estimate of drug-likeness (QED) is 0.851. The lowest BCUT2D eigenvalue weighted by Crippen LogP contribution is -2.43. The molecular weight excluding hydrogens is 230 g/mol. The molecular formula is C14H21NO3. The molecule has 1 heterocycles. The second-order valence-corrected chi connectivity index (χ2v) is 4.87. The molecule has 0 bridgehead atoms. The average molecular weight is 251 g/mol. The summed E-state index contributed by atoms with van der Waals surface area (Å²) in [6, 6.07) is 7.53. The maximum absolute atomic E-state index is 10.7. The van der Waals surface area contributed by atoms with Crippen LogP contribution in [0.3, 0.4) is 0 Å². The van der Waals surface area contributed by atoms with Crippen LogP contribution in [-0.4, -0.2) is 32.0 Å². The normalized spacial score (nSPS) is 25.7. The number of aliphatic hydroxyl groups excluding tert-OH is 1. The van der Waals surface area contributed by atoms with Gasteiger partial charge in [-0.2, -0.15) is 0 Å². The van der Waals surface area contributed by atoms with Gasteiger partial charge in [0.1, 0.15) is 5.75 Å². The summed E-state index contributed by atoms with van der Waals surface area (Å²) in [7, 11) is 1.61. The van der Waals surface area contributed by atoms with E-state index in [9.17, 15) is 5.11 Å². The predicted octanol–water partition coefficient (Wildman–Crippen LogP) is 1.48. The van der Waals surface area contributed by atoms with Crippen molar-refractivity contribution in [3.05, 3.63) is 29.8 Å². The summed E-state index contributed by atoms with van der Waals surface area (Å²) in [5, 5.41) is 10.7. The van der Waals surface area contributed by atoms with Crippen molar-refractivity contribution in [1.29, 1.82) is 0 Å². The first-order valence-electron chi connectivity index (χ1n) is 6.32. The van der Waals surface area contributed by atoms with Gasteiger partial charge in [-0.15, -0.1) is 0 Å². The summed E-state index contributed by atoms with van der Waals surface area (Å²) in [6.07, 6.45) is 1.16. The number of hydrogen-bond donors (Lipinski definition) is 2. The van der Waals surface area contributed by atoms with Gasteiger partial charge < -0.3 is 20.3 Å². The molecule has 0 amide bonds. The van der Waals surface area contributed by atoms with E-state index in [0.717, 1.165) is 25.0 Å². The van der Waals surface area contributed by atoms with E-state index in [2.05, 4.69) is 0 Å². The Bertz CT molecular complexity index is 388. The topological polar surface area (TPSA) is 64.7 Å². The first-order chi connectivity index (χ1) is 8.73. The minimum absolute atomic E-state index is 0.396. The minimum atomic E-state index is -0.654. The number of methoxy groups -OCH3 is 1. The largest absolute Gasteiger partial charge is 0.496 e. The number of ether oxygens (including phenoxy) is 2. The first-order valence-corrected chi connectivity index (χ1v) is 6.32. The van der Waals surface area contributed by atoms with Crippen LogP contribution in [0.2, 0.25) is 0 Å². The van der Waals surface area contributed by atoms with Gasteiger partial charge in [-0.3, -0.25) is 0 Å². The van der Waals surface area contributed by atoms with Gasteiger partial charge in [0, 0.05) is 24.1 Å². The highest BCUT2D eigenvalue weighted by molar-refractivity contribution is 5.36. The summed E-state index contributed by atoms with van der Waals surface area (Å²) in [4.78, 5) is 0. The first kappa shape index (κ1) is 13.3. The van der Waals surface area contributed by atoms with Crippen LogP contribution in [0.4, 0.5) is 0 Å². The Balaban J connectivity index is 2.30. The number of rotatable bonds is 4. The van der Waals surface area contributed by atoms with Crippen molar-refractivity contribution in [2.45, 2.75) is 18.9 Å². The Hall–Kier alpha value is -1.10. The third-order valence-electron chi connectivity index (χ3n) is 3.77. The highest BCUT2D eigenvalue weighted by atomic mass is 16.5. The molecule has 4 heteroatoms. The second kappa shape index (κ2) is 5.69. The van der Waals surface area contributed by atoms with E-state index >= 15 is 0 Å². The smallest absolute Gasteiger partial charge is 0.124 e. The Kier molecular flexibility index (Phi) is 4.22. The molecule has 18 heavy (non-hydrogen) atoms. The van der Waals surface area contributed by atoms with Gasteiger partial charge in [0.25, 0.3) is 0 Å². The van der Waals surface area contributed by atoms with Gasteiger partial charge in [0.2, 0.25) is 0 Å². The summed E-state index contributed by atoms with van der Waals surface area (Å²) >= 11 is 0. The van der Waals surface area contributed by atoms with E-state index in [-0.39, 0.29) is 0 Å². The van der Waals surface area contributed by atoms with E-state index in [1.807, 2.05) is 24.3 Å². The molecule has 100 valence electrons. The molecule has 2 unspecified atom stereocenters. The molecule has 1 fully saturated rings. The van der Waals surface area contributed by atoms with Crippen molar-refractivity contribution in [3.8, 4) is 5.75 Å². The van der Waals surface area contributed by atoms with Crippen LogP contribution in [0, 0.1) is 5.41 Å². The molecule has 1 aliphatic heterocycles. The number of aliphatic hydroxyl groups is 1. The van der Waals surface area contributed by atoms with Gasteiger partial charge in [0.05, 0.1) is 19.8 Å². The van der Waals surface area contributed by atoms with Crippen molar-refractivity contribution in [1.82, 2.24) is 0 Å². The fraction of sp³-hybridized carbons (Fsp3) is 0.571. The number of nitrogens with two attached hydrogens (primary N) is 1. The molecule has 1 aromatic rings. The lowest BCUT2D eigenvalue weighted by Gasteiger charge is -2.40. The van der Waals surface area contributed by atoms with E-state index in [1.54, 1.807) is 7.11 Å². The predicted molar refractivity (Wildman–Crippen MR) is 69.5 cm³/mol. The van der Waals surface area contributed by atoms with Crippen molar-refractivity contribution < 1.29 is 14.6 Å². The Morgan fingerprint density at radius 1 is 1.50 bits per heavy atom. The molecule has 3 N–H and O–H groups in total. The molecule has 0 saturated carbocycles. The fourth-order valence-corrected chi connectivity index (χ4v) is 2.58. The zero-order valence-electron chi connectivity index (χ0n) is 10.8. The molecule has 4 nitrogen and oxygen atoms in total. The van der Waals surface area contributed by atoms with Crippen molar-refractivity contribution in [3.63, 3.8) is 0 Å². The van der Waals surface area contributed by atoms with Gasteiger partial charge in [-0.05, 0) is 18.9 Å². The van der Waals surface area contributed by atoms with Crippen LogP contribution in [0.25, 0.3) is 0 Å². The van der Waals surface area contributed by atoms with Gasteiger partial charge >= 0.3 is 0 Å². The van der Waals surface area contributed by atoms with E-state index in [1.165, 1.54) is 0 Å². The lowest BCUT2D eigenvalue weighted by molar-refractivity contribution is -0.0787. The minimum Gasteiger partial charge on any atom is -0.496 e. The van der Waals surface area contributed by atoms with E-state index in [4.69, 9.17) is 15.2 Å². The van der Waals surface area contributed by atoms with Gasteiger partial charge in [0.15, 0.2) is 0 Å². The number of benzene rings is 1. The molecule has 2 atom stereocenters. The average Bonchev–Trinajstić information content (AvgIpc) is 2.47. The molecule has 1 saturated heterocycles.